The summed E-state index contributed by atoms with van der Waals surface area (Å²) in [6.07, 6.45) is 7.50. The predicted molar refractivity (Wildman–Crippen MR) is 115 cm³/mol. The summed E-state index contributed by atoms with van der Waals surface area (Å²) < 4.78 is 0. The van der Waals surface area contributed by atoms with E-state index in [1.807, 2.05) is 20.8 Å². The van der Waals surface area contributed by atoms with Crippen molar-refractivity contribution < 1.29 is 9.59 Å². The summed E-state index contributed by atoms with van der Waals surface area (Å²) in [4.78, 5) is 26.0. The minimum Gasteiger partial charge on any atom is -0.352 e. The van der Waals surface area contributed by atoms with E-state index in [0.717, 1.165) is 25.7 Å². The van der Waals surface area contributed by atoms with Crippen LogP contribution in [0.3, 0.4) is 0 Å². The Hall–Kier alpha value is -1.84. The molecule has 4 saturated carbocycles. The molecule has 4 aliphatic rings. The topological polar surface area (TPSA) is 58.2 Å². The van der Waals surface area contributed by atoms with Crippen molar-refractivity contribution in [1.82, 2.24) is 10.6 Å². The molecule has 0 aromatic heterocycles. The van der Waals surface area contributed by atoms with Crippen LogP contribution in [0, 0.1) is 24.2 Å². The molecule has 4 unspecified atom stereocenters. The second-order valence-electron chi connectivity index (χ2n) is 10.4. The van der Waals surface area contributed by atoms with Gasteiger partial charge in [-0.05, 0) is 88.5 Å². The highest BCUT2D eigenvalue weighted by atomic mass is 16.2. The summed E-state index contributed by atoms with van der Waals surface area (Å²) in [5, 5.41) is 6.09. The molecule has 1 aromatic carbocycles. The Bertz CT molecular complexity index is 771. The van der Waals surface area contributed by atoms with Crippen LogP contribution in [-0.2, 0) is 15.0 Å². The molecular weight excluding hydrogens is 360 g/mol. The van der Waals surface area contributed by atoms with E-state index in [-0.39, 0.29) is 28.7 Å². The third kappa shape index (κ3) is 3.71. The second-order valence-corrected chi connectivity index (χ2v) is 10.4. The van der Waals surface area contributed by atoms with Gasteiger partial charge in [-0.25, -0.2) is 0 Å². The zero-order chi connectivity index (χ0) is 20.8. The maximum absolute atomic E-state index is 13.5. The zero-order valence-corrected chi connectivity index (χ0v) is 18.4. The number of hydrogen-bond donors (Lipinski definition) is 2. The van der Waals surface area contributed by atoms with Crippen molar-refractivity contribution in [2.45, 2.75) is 90.1 Å². The van der Waals surface area contributed by atoms with Crippen molar-refractivity contribution in [2.75, 3.05) is 0 Å². The first-order chi connectivity index (χ1) is 13.7. The fraction of sp³-hybridized carbons (Fsp3) is 0.680. The maximum atomic E-state index is 13.5. The fourth-order valence-corrected chi connectivity index (χ4v) is 6.66. The SMILES string of the molecule is CCC(C)NC(=O)C(C)NC(=O)C12CC3CC(C1)CC(c1ccc(C)cc1)(C3)C2. The van der Waals surface area contributed by atoms with Gasteiger partial charge in [-0.15, -0.1) is 0 Å². The standard InChI is InChI=1S/C25H36N2O2/c1-5-17(3)26-22(28)18(4)27-23(29)25-13-19-10-20(14-25)12-24(11-19,15-25)21-8-6-16(2)7-9-21/h6-9,17-20H,5,10-15H2,1-4H3,(H,26,28)(H,27,29). The number of hydrogen-bond acceptors (Lipinski definition) is 2. The summed E-state index contributed by atoms with van der Waals surface area (Å²) in [7, 11) is 0. The number of nitrogens with one attached hydrogen (secondary N) is 2. The van der Waals surface area contributed by atoms with Gasteiger partial charge in [0.15, 0.2) is 0 Å². The molecule has 5 rings (SSSR count). The lowest BCUT2D eigenvalue weighted by atomic mass is 9.42. The third-order valence-corrected chi connectivity index (χ3v) is 7.95. The van der Waals surface area contributed by atoms with Crippen molar-refractivity contribution >= 4 is 11.8 Å². The molecule has 0 heterocycles. The highest BCUT2D eigenvalue weighted by molar-refractivity contribution is 5.90. The summed E-state index contributed by atoms with van der Waals surface area (Å²) in [6.45, 7) is 7.99. The van der Waals surface area contributed by atoms with Crippen LogP contribution in [0.4, 0.5) is 0 Å². The van der Waals surface area contributed by atoms with Gasteiger partial charge in [0.2, 0.25) is 11.8 Å². The first-order valence-electron chi connectivity index (χ1n) is 11.4. The summed E-state index contributed by atoms with van der Waals surface area (Å²) in [6, 6.07) is 8.64. The van der Waals surface area contributed by atoms with Crippen LogP contribution in [0.15, 0.2) is 24.3 Å². The van der Waals surface area contributed by atoms with Crippen LogP contribution in [0.5, 0.6) is 0 Å². The molecule has 158 valence electrons. The minimum absolute atomic E-state index is 0.0781. The molecule has 4 aliphatic carbocycles. The van der Waals surface area contributed by atoms with Gasteiger partial charge in [0.1, 0.15) is 6.04 Å². The van der Waals surface area contributed by atoms with E-state index < -0.39 is 6.04 Å². The fourth-order valence-electron chi connectivity index (χ4n) is 6.66. The number of amides is 2. The second kappa shape index (κ2) is 7.45. The molecule has 4 bridgehead atoms. The van der Waals surface area contributed by atoms with E-state index in [1.54, 1.807) is 0 Å². The Morgan fingerprint density at radius 3 is 2.24 bits per heavy atom. The Morgan fingerprint density at radius 1 is 1.03 bits per heavy atom. The molecule has 0 radical (unpaired) electrons. The minimum atomic E-state index is -0.486. The molecule has 1 aromatic rings. The van der Waals surface area contributed by atoms with E-state index in [1.165, 1.54) is 30.4 Å². The third-order valence-electron chi connectivity index (χ3n) is 7.95. The van der Waals surface area contributed by atoms with E-state index in [9.17, 15) is 9.59 Å². The highest BCUT2D eigenvalue weighted by Gasteiger charge is 2.61. The van der Waals surface area contributed by atoms with E-state index in [4.69, 9.17) is 0 Å². The monoisotopic (exact) mass is 396 g/mol. The molecule has 0 spiro atoms. The van der Waals surface area contributed by atoms with Crippen LogP contribution in [0.1, 0.15) is 76.8 Å². The van der Waals surface area contributed by atoms with Crippen molar-refractivity contribution in [3.63, 3.8) is 0 Å². The number of benzene rings is 1. The molecule has 0 saturated heterocycles. The largest absolute Gasteiger partial charge is 0.352 e. The van der Waals surface area contributed by atoms with E-state index >= 15 is 0 Å². The molecule has 2 N–H and O–H groups in total. The van der Waals surface area contributed by atoms with E-state index in [0.29, 0.717) is 11.8 Å². The van der Waals surface area contributed by atoms with Crippen LogP contribution in [0.2, 0.25) is 0 Å². The quantitative estimate of drug-likeness (QED) is 0.755. The molecule has 4 fully saturated rings. The predicted octanol–water partition coefficient (Wildman–Crippen LogP) is 4.25. The number of aryl methyl sites for hydroxylation is 1. The van der Waals surface area contributed by atoms with Gasteiger partial charge in [-0.3, -0.25) is 9.59 Å². The Kier molecular flexibility index (Phi) is 5.25. The van der Waals surface area contributed by atoms with Gasteiger partial charge in [-0.2, -0.15) is 0 Å². The molecular formula is C25H36N2O2. The lowest BCUT2D eigenvalue weighted by Crippen LogP contribution is -2.61. The Balaban J connectivity index is 1.53. The van der Waals surface area contributed by atoms with Gasteiger partial charge < -0.3 is 10.6 Å². The smallest absolute Gasteiger partial charge is 0.242 e. The number of rotatable bonds is 6. The van der Waals surface area contributed by atoms with E-state index in [2.05, 4.69) is 41.8 Å². The highest BCUT2D eigenvalue weighted by Crippen LogP contribution is 2.65. The lowest BCUT2D eigenvalue weighted by Gasteiger charge is -2.61. The summed E-state index contributed by atoms with van der Waals surface area (Å²) in [5.41, 5.74) is 2.53. The number of carbonyl (C=O) groups is 2. The Labute approximate surface area is 175 Å². The first kappa shape index (κ1) is 20.4. The Morgan fingerprint density at radius 2 is 1.66 bits per heavy atom. The average Bonchev–Trinajstić information content (AvgIpc) is 2.67. The normalized spacial score (nSPS) is 34.5. The van der Waals surface area contributed by atoms with Crippen molar-refractivity contribution in [3.8, 4) is 0 Å². The lowest BCUT2D eigenvalue weighted by molar-refractivity contribution is -0.151. The van der Waals surface area contributed by atoms with Crippen LogP contribution in [0.25, 0.3) is 0 Å². The maximum Gasteiger partial charge on any atom is 0.242 e. The van der Waals surface area contributed by atoms with Crippen molar-refractivity contribution in [1.29, 1.82) is 0 Å². The van der Waals surface area contributed by atoms with Crippen molar-refractivity contribution in [3.05, 3.63) is 35.4 Å². The molecule has 29 heavy (non-hydrogen) atoms. The molecule has 4 atom stereocenters. The first-order valence-corrected chi connectivity index (χ1v) is 11.4. The number of carbonyl (C=O) groups excluding carboxylic acids is 2. The van der Waals surface area contributed by atoms with Crippen LogP contribution in [-0.4, -0.2) is 23.9 Å². The molecule has 2 amide bonds. The van der Waals surface area contributed by atoms with Crippen LogP contribution < -0.4 is 10.6 Å². The van der Waals surface area contributed by atoms with Gasteiger partial charge in [-0.1, -0.05) is 36.8 Å². The summed E-state index contributed by atoms with van der Waals surface area (Å²) in [5.74, 6) is 1.29. The molecule has 4 nitrogen and oxygen atoms in total. The molecule has 0 aliphatic heterocycles. The summed E-state index contributed by atoms with van der Waals surface area (Å²) >= 11 is 0. The van der Waals surface area contributed by atoms with Gasteiger partial charge >= 0.3 is 0 Å². The van der Waals surface area contributed by atoms with Gasteiger partial charge in [0.05, 0.1) is 5.41 Å². The van der Waals surface area contributed by atoms with Gasteiger partial charge in [0, 0.05) is 6.04 Å². The molecule has 4 heteroatoms. The zero-order valence-electron chi connectivity index (χ0n) is 18.4. The van der Waals surface area contributed by atoms with Crippen LogP contribution >= 0.6 is 0 Å². The van der Waals surface area contributed by atoms with Gasteiger partial charge in [0.25, 0.3) is 0 Å². The average molecular weight is 397 g/mol. The van der Waals surface area contributed by atoms with Crippen molar-refractivity contribution in [2.24, 2.45) is 17.3 Å².